The average Bonchev–Trinajstić information content (AvgIpc) is 2.62. The van der Waals surface area contributed by atoms with Crippen molar-refractivity contribution in [3.63, 3.8) is 0 Å². The summed E-state index contributed by atoms with van der Waals surface area (Å²) in [6.45, 7) is 2.16. The molecule has 5 nitrogen and oxygen atoms in total. The molecule has 0 radical (unpaired) electrons. The molecule has 1 saturated heterocycles. The fourth-order valence-electron chi connectivity index (χ4n) is 2.75. The van der Waals surface area contributed by atoms with Gasteiger partial charge in [0.1, 0.15) is 5.69 Å². The SMILES string of the molecule is CCOC(=O)[C@@H]1CCCN(CC(=O)Nc2c(F)c(F)c(F)c(F)c2F)C1. The Labute approximate surface area is 146 Å². The van der Waals surface area contributed by atoms with E-state index in [9.17, 15) is 31.5 Å². The molecule has 2 rings (SSSR count). The zero-order chi connectivity index (χ0) is 19.4. The van der Waals surface area contributed by atoms with Gasteiger partial charge in [-0.25, -0.2) is 22.0 Å². The van der Waals surface area contributed by atoms with Crippen LogP contribution >= 0.6 is 0 Å². The van der Waals surface area contributed by atoms with Crippen LogP contribution in [0.15, 0.2) is 0 Å². The van der Waals surface area contributed by atoms with Crippen LogP contribution < -0.4 is 5.32 Å². The van der Waals surface area contributed by atoms with Crippen LogP contribution in [0, 0.1) is 35.0 Å². The second-order valence-corrected chi connectivity index (χ2v) is 5.82. The lowest BCUT2D eigenvalue weighted by Gasteiger charge is -2.30. The Morgan fingerprint density at radius 3 is 2.23 bits per heavy atom. The van der Waals surface area contributed by atoms with Gasteiger partial charge < -0.3 is 10.1 Å². The lowest BCUT2D eigenvalue weighted by molar-refractivity contribution is -0.150. The van der Waals surface area contributed by atoms with Crippen molar-refractivity contribution in [2.24, 2.45) is 5.92 Å². The summed E-state index contributed by atoms with van der Waals surface area (Å²) in [5, 5.41) is 1.71. The Balaban J connectivity index is 2.04. The van der Waals surface area contributed by atoms with Crippen LogP contribution in [0.3, 0.4) is 0 Å². The Morgan fingerprint density at radius 2 is 1.65 bits per heavy atom. The number of piperidine rings is 1. The van der Waals surface area contributed by atoms with E-state index in [0.717, 1.165) is 0 Å². The first kappa shape index (κ1) is 20.1. The number of ether oxygens (including phenoxy) is 1. The molecule has 0 saturated carbocycles. The van der Waals surface area contributed by atoms with Gasteiger partial charge in [-0.3, -0.25) is 14.5 Å². The molecular weight excluding hydrogens is 363 g/mol. The van der Waals surface area contributed by atoms with Crippen LogP contribution in [0.1, 0.15) is 19.8 Å². The number of nitrogens with one attached hydrogen (secondary N) is 1. The predicted octanol–water partition coefficient (Wildman–Crippen LogP) is 2.60. The highest BCUT2D eigenvalue weighted by molar-refractivity contribution is 5.92. The molecule has 144 valence electrons. The molecule has 26 heavy (non-hydrogen) atoms. The standard InChI is InChI=1S/C16H17F5N2O3/c1-2-26-16(25)8-4-3-5-23(6-8)7-9(24)22-15-13(20)11(18)10(17)12(19)14(15)21/h8H,2-7H2,1H3,(H,22,24)/t8-/m1/s1. The summed E-state index contributed by atoms with van der Waals surface area (Å²) in [5.74, 6) is -12.6. The van der Waals surface area contributed by atoms with Crippen molar-refractivity contribution in [2.45, 2.75) is 19.8 Å². The summed E-state index contributed by atoms with van der Waals surface area (Å²) < 4.78 is 71.4. The lowest BCUT2D eigenvalue weighted by Crippen LogP contribution is -2.43. The maximum Gasteiger partial charge on any atom is 0.310 e. The van der Waals surface area contributed by atoms with Gasteiger partial charge in [0.2, 0.25) is 11.7 Å². The van der Waals surface area contributed by atoms with E-state index in [1.54, 1.807) is 17.1 Å². The topological polar surface area (TPSA) is 58.6 Å². The number of benzene rings is 1. The van der Waals surface area contributed by atoms with E-state index in [-0.39, 0.29) is 19.7 Å². The van der Waals surface area contributed by atoms with E-state index in [2.05, 4.69) is 0 Å². The third-order valence-electron chi connectivity index (χ3n) is 3.97. The molecule has 1 aromatic rings. The van der Waals surface area contributed by atoms with E-state index >= 15 is 0 Å². The first-order valence-electron chi connectivity index (χ1n) is 7.96. The normalized spacial score (nSPS) is 17.8. The Kier molecular flexibility index (Phi) is 6.52. The molecule has 1 atom stereocenters. The van der Waals surface area contributed by atoms with E-state index in [0.29, 0.717) is 19.4 Å². The van der Waals surface area contributed by atoms with Gasteiger partial charge in [-0.2, -0.15) is 0 Å². The number of amides is 1. The number of hydrogen-bond donors (Lipinski definition) is 1. The first-order chi connectivity index (χ1) is 12.3. The zero-order valence-electron chi connectivity index (χ0n) is 13.9. The molecule has 0 bridgehead atoms. The van der Waals surface area contributed by atoms with Gasteiger partial charge in [0.05, 0.1) is 19.1 Å². The lowest BCUT2D eigenvalue weighted by atomic mass is 9.98. The van der Waals surface area contributed by atoms with Gasteiger partial charge in [-0.1, -0.05) is 0 Å². The second-order valence-electron chi connectivity index (χ2n) is 5.82. The van der Waals surface area contributed by atoms with Gasteiger partial charge >= 0.3 is 5.97 Å². The van der Waals surface area contributed by atoms with Crippen molar-refractivity contribution in [3.05, 3.63) is 29.1 Å². The minimum absolute atomic E-state index is 0.198. The van der Waals surface area contributed by atoms with E-state index < -0.39 is 52.6 Å². The fourth-order valence-corrected chi connectivity index (χ4v) is 2.75. The van der Waals surface area contributed by atoms with Gasteiger partial charge in [0.15, 0.2) is 23.3 Å². The molecule has 1 aliphatic heterocycles. The second kappa shape index (κ2) is 8.43. The summed E-state index contributed by atoms with van der Waals surface area (Å²) in [6, 6.07) is 0. The molecule has 1 amide bonds. The smallest absolute Gasteiger partial charge is 0.310 e. The van der Waals surface area contributed by atoms with E-state index in [4.69, 9.17) is 4.74 Å². The molecule has 0 spiro atoms. The Morgan fingerprint density at radius 1 is 1.08 bits per heavy atom. The van der Waals surface area contributed by atoms with Gasteiger partial charge in [-0.15, -0.1) is 0 Å². The van der Waals surface area contributed by atoms with Crippen LogP contribution in [-0.2, 0) is 14.3 Å². The van der Waals surface area contributed by atoms with Crippen LogP contribution in [-0.4, -0.2) is 43.0 Å². The molecule has 1 aliphatic rings. The number of esters is 1. The highest BCUT2D eigenvalue weighted by atomic mass is 19.2. The molecule has 0 aromatic heterocycles. The van der Waals surface area contributed by atoms with E-state index in [1.165, 1.54) is 0 Å². The van der Waals surface area contributed by atoms with Crippen molar-refractivity contribution < 1.29 is 36.3 Å². The summed E-state index contributed by atoms with van der Waals surface area (Å²) in [7, 11) is 0. The summed E-state index contributed by atoms with van der Waals surface area (Å²) >= 11 is 0. The molecular formula is C16H17F5N2O3. The number of halogens is 5. The molecule has 0 unspecified atom stereocenters. The molecule has 1 aromatic carbocycles. The maximum atomic E-state index is 13.6. The van der Waals surface area contributed by atoms with Gasteiger partial charge in [0.25, 0.3) is 0 Å². The monoisotopic (exact) mass is 380 g/mol. The Hall–Kier alpha value is -2.23. The number of anilines is 1. The van der Waals surface area contributed by atoms with Crippen LogP contribution in [0.25, 0.3) is 0 Å². The Bertz CT molecular complexity index is 685. The summed E-state index contributed by atoms with van der Waals surface area (Å²) in [4.78, 5) is 25.3. The van der Waals surface area contributed by atoms with Crippen molar-refractivity contribution in [1.29, 1.82) is 0 Å². The van der Waals surface area contributed by atoms with Crippen LogP contribution in [0.5, 0.6) is 0 Å². The van der Waals surface area contributed by atoms with Gasteiger partial charge in [-0.05, 0) is 26.3 Å². The number of nitrogens with zero attached hydrogens (tertiary/aromatic N) is 1. The molecule has 0 aliphatic carbocycles. The fraction of sp³-hybridized carbons (Fsp3) is 0.500. The van der Waals surface area contributed by atoms with Gasteiger partial charge in [0, 0.05) is 6.54 Å². The van der Waals surface area contributed by atoms with Crippen molar-refractivity contribution in [1.82, 2.24) is 4.90 Å². The number of likely N-dealkylation sites (tertiary alicyclic amines) is 1. The number of rotatable bonds is 5. The van der Waals surface area contributed by atoms with Crippen molar-refractivity contribution >= 4 is 17.6 Å². The molecule has 1 fully saturated rings. The largest absolute Gasteiger partial charge is 0.466 e. The maximum absolute atomic E-state index is 13.6. The molecule has 10 heteroatoms. The summed E-state index contributed by atoms with van der Waals surface area (Å²) in [5.41, 5.74) is -1.40. The van der Waals surface area contributed by atoms with Crippen molar-refractivity contribution in [2.75, 3.05) is 31.6 Å². The van der Waals surface area contributed by atoms with Crippen molar-refractivity contribution in [3.8, 4) is 0 Å². The average molecular weight is 380 g/mol. The minimum Gasteiger partial charge on any atom is -0.466 e. The molecule has 1 N–H and O–H groups in total. The van der Waals surface area contributed by atoms with E-state index in [1.807, 2.05) is 0 Å². The zero-order valence-corrected chi connectivity index (χ0v) is 13.9. The number of carbonyl (C=O) groups is 2. The summed E-state index contributed by atoms with van der Waals surface area (Å²) in [6.07, 6.45) is 1.17. The third-order valence-corrected chi connectivity index (χ3v) is 3.97. The third kappa shape index (κ3) is 4.29. The van der Waals surface area contributed by atoms with Crippen LogP contribution in [0.4, 0.5) is 27.6 Å². The minimum atomic E-state index is -2.30. The first-order valence-corrected chi connectivity index (χ1v) is 7.96. The molecule has 1 heterocycles. The quantitative estimate of drug-likeness (QED) is 0.369. The van der Waals surface area contributed by atoms with Crippen LogP contribution in [0.2, 0.25) is 0 Å². The highest BCUT2D eigenvalue weighted by Crippen LogP contribution is 2.27. The number of hydrogen-bond acceptors (Lipinski definition) is 4. The highest BCUT2D eigenvalue weighted by Gasteiger charge is 2.30. The predicted molar refractivity (Wildman–Crippen MR) is 80.7 cm³/mol. The number of carbonyl (C=O) groups excluding carboxylic acids is 2.